The summed E-state index contributed by atoms with van der Waals surface area (Å²) in [6, 6.07) is 3.68. The first-order valence-electron chi connectivity index (χ1n) is 5.97. The van der Waals surface area contributed by atoms with Crippen molar-refractivity contribution in [2.45, 2.75) is 19.4 Å². The quantitative estimate of drug-likeness (QED) is 0.737. The van der Waals surface area contributed by atoms with Gasteiger partial charge in [-0.1, -0.05) is 6.92 Å². The third kappa shape index (κ3) is 2.90. The van der Waals surface area contributed by atoms with Gasteiger partial charge in [0.2, 0.25) is 0 Å². The number of nitrogens with zero attached hydrogens (tertiary/aromatic N) is 1. The normalized spacial score (nSPS) is 12.1. The second-order valence-electron chi connectivity index (χ2n) is 4.15. The number of carbonyl (C=O) groups excluding carboxylic acids is 1. The molecule has 19 heavy (non-hydrogen) atoms. The van der Waals surface area contributed by atoms with Gasteiger partial charge in [0.05, 0.1) is 11.7 Å². The Morgan fingerprint density at radius 2 is 2.37 bits per heavy atom. The van der Waals surface area contributed by atoms with Crippen molar-refractivity contribution in [1.29, 1.82) is 0 Å². The summed E-state index contributed by atoms with van der Waals surface area (Å²) in [5.41, 5.74) is 5.72. The lowest BCUT2D eigenvalue weighted by molar-refractivity contribution is 0.0934. The molecule has 1 aromatic heterocycles. The standard InChI is InChI=1S/C13H15FN4O/c1-2-11(12-16-5-6-17-12)18-13(19)8-3-4-9(14)10(15)7-8/h3-7,11H,2,15H2,1H3,(H,16,17)(H,18,19). The summed E-state index contributed by atoms with van der Waals surface area (Å²) in [7, 11) is 0. The summed E-state index contributed by atoms with van der Waals surface area (Å²) in [5.74, 6) is -0.157. The Morgan fingerprint density at radius 1 is 1.58 bits per heavy atom. The largest absolute Gasteiger partial charge is 0.396 e. The smallest absolute Gasteiger partial charge is 0.251 e. The molecule has 1 unspecified atom stereocenters. The third-order valence-electron chi connectivity index (χ3n) is 2.82. The van der Waals surface area contributed by atoms with Crippen molar-refractivity contribution in [3.63, 3.8) is 0 Å². The highest BCUT2D eigenvalue weighted by Crippen LogP contribution is 2.15. The maximum Gasteiger partial charge on any atom is 0.251 e. The number of nitrogens with one attached hydrogen (secondary N) is 2. The van der Waals surface area contributed by atoms with E-state index >= 15 is 0 Å². The van der Waals surface area contributed by atoms with Crippen molar-refractivity contribution >= 4 is 11.6 Å². The number of aromatic amines is 1. The molecular formula is C13H15FN4O. The number of nitrogen functional groups attached to an aromatic ring is 1. The molecule has 0 aliphatic rings. The predicted molar refractivity (Wildman–Crippen MR) is 69.9 cm³/mol. The average molecular weight is 262 g/mol. The molecule has 6 heteroatoms. The molecule has 0 bridgehead atoms. The molecule has 0 saturated heterocycles. The Hall–Kier alpha value is -2.37. The number of aromatic nitrogens is 2. The lowest BCUT2D eigenvalue weighted by atomic mass is 10.1. The maximum atomic E-state index is 13.0. The second kappa shape index (κ2) is 5.51. The number of rotatable bonds is 4. The third-order valence-corrected chi connectivity index (χ3v) is 2.82. The molecule has 5 nitrogen and oxygen atoms in total. The van der Waals surface area contributed by atoms with E-state index in [1.54, 1.807) is 12.4 Å². The molecule has 0 saturated carbocycles. The summed E-state index contributed by atoms with van der Waals surface area (Å²) in [5, 5.41) is 2.82. The van der Waals surface area contributed by atoms with Crippen LogP contribution in [0, 0.1) is 5.82 Å². The number of imidazole rings is 1. The Labute approximate surface area is 110 Å². The van der Waals surface area contributed by atoms with Crippen LogP contribution < -0.4 is 11.1 Å². The van der Waals surface area contributed by atoms with Gasteiger partial charge in [0, 0.05) is 18.0 Å². The van der Waals surface area contributed by atoms with Crippen LogP contribution in [0.2, 0.25) is 0 Å². The monoisotopic (exact) mass is 262 g/mol. The van der Waals surface area contributed by atoms with Crippen LogP contribution in [-0.2, 0) is 0 Å². The lowest BCUT2D eigenvalue weighted by Crippen LogP contribution is -2.29. The Balaban J connectivity index is 2.13. The van der Waals surface area contributed by atoms with Gasteiger partial charge >= 0.3 is 0 Å². The number of H-pyrrole nitrogens is 1. The molecule has 1 aromatic carbocycles. The number of benzene rings is 1. The zero-order valence-corrected chi connectivity index (χ0v) is 10.5. The topological polar surface area (TPSA) is 83.8 Å². The van der Waals surface area contributed by atoms with Crippen LogP contribution >= 0.6 is 0 Å². The van der Waals surface area contributed by atoms with E-state index < -0.39 is 5.82 Å². The van der Waals surface area contributed by atoms with E-state index in [-0.39, 0.29) is 17.6 Å². The van der Waals surface area contributed by atoms with Crippen molar-refractivity contribution < 1.29 is 9.18 Å². The molecular weight excluding hydrogens is 247 g/mol. The zero-order valence-electron chi connectivity index (χ0n) is 10.5. The second-order valence-corrected chi connectivity index (χ2v) is 4.15. The highest BCUT2D eigenvalue weighted by atomic mass is 19.1. The molecule has 0 aliphatic heterocycles. The van der Waals surface area contributed by atoms with Gasteiger partial charge in [0.15, 0.2) is 0 Å². The minimum atomic E-state index is -0.533. The van der Waals surface area contributed by atoms with E-state index in [2.05, 4.69) is 15.3 Å². The summed E-state index contributed by atoms with van der Waals surface area (Å²) < 4.78 is 13.0. The summed E-state index contributed by atoms with van der Waals surface area (Å²) in [4.78, 5) is 19.1. The summed E-state index contributed by atoms with van der Waals surface area (Å²) in [6.45, 7) is 1.94. The van der Waals surface area contributed by atoms with E-state index in [9.17, 15) is 9.18 Å². The van der Waals surface area contributed by atoms with Crippen molar-refractivity contribution in [1.82, 2.24) is 15.3 Å². The van der Waals surface area contributed by atoms with Crippen LogP contribution in [0.4, 0.5) is 10.1 Å². The molecule has 0 spiro atoms. The first kappa shape index (κ1) is 13.1. The number of carbonyl (C=O) groups is 1. The number of hydrogen-bond donors (Lipinski definition) is 3. The molecule has 2 rings (SSSR count). The van der Waals surface area contributed by atoms with Crippen molar-refractivity contribution in [3.8, 4) is 0 Å². The number of halogens is 1. The predicted octanol–water partition coefficient (Wildman–Crippen LogP) is 2.01. The minimum Gasteiger partial charge on any atom is -0.396 e. The van der Waals surface area contributed by atoms with Crippen LogP contribution in [0.25, 0.3) is 0 Å². The molecule has 2 aromatic rings. The molecule has 0 aliphatic carbocycles. The Kier molecular flexibility index (Phi) is 3.79. The Morgan fingerprint density at radius 3 is 2.95 bits per heavy atom. The van der Waals surface area contributed by atoms with E-state index in [4.69, 9.17) is 5.73 Å². The fraction of sp³-hybridized carbons (Fsp3) is 0.231. The van der Waals surface area contributed by atoms with Crippen LogP contribution in [0.3, 0.4) is 0 Å². The van der Waals surface area contributed by atoms with E-state index in [1.165, 1.54) is 18.2 Å². The molecule has 0 radical (unpaired) electrons. The molecule has 1 atom stereocenters. The van der Waals surface area contributed by atoms with Gasteiger partial charge in [-0.15, -0.1) is 0 Å². The first-order chi connectivity index (χ1) is 9.11. The van der Waals surface area contributed by atoms with Gasteiger partial charge in [-0.2, -0.15) is 0 Å². The van der Waals surface area contributed by atoms with Gasteiger partial charge in [0.1, 0.15) is 11.6 Å². The van der Waals surface area contributed by atoms with Crippen LogP contribution in [-0.4, -0.2) is 15.9 Å². The molecule has 100 valence electrons. The lowest BCUT2D eigenvalue weighted by Gasteiger charge is -2.14. The Bertz CT molecular complexity index is 568. The summed E-state index contributed by atoms with van der Waals surface area (Å²) in [6.07, 6.45) is 4.01. The number of anilines is 1. The minimum absolute atomic E-state index is 0.0429. The van der Waals surface area contributed by atoms with E-state index in [0.29, 0.717) is 17.8 Å². The maximum absolute atomic E-state index is 13.0. The molecule has 1 heterocycles. The fourth-order valence-electron chi connectivity index (χ4n) is 1.76. The van der Waals surface area contributed by atoms with Crippen molar-refractivity contribution in [2.24, 2.45) is 0 Å². The van der Waals surface area contributed by atoms with Crippen LogP contribution in [0.5, 0.6) is 0 Å². The average Bonchev–Trinajstić information content (AvgIpc) is 2.92. The van der Waals surface area contributed by atoms with Gasteiger partial charge in [-0.25, -0.2) is 9.37 Å². The molecule has 0 fully saturated rings. The van der Waals surface area contributed by atoms with E-state index in [0.717, 1.165) is 0 Å². The summed E-state index contributed by atoms with van der Waals surface area (Å²) >= 11 is 0. The molecule has 4 N–H and O–H groups in total. The fourth-order valence-corrected chi connectivity index (χ4v) is 1.76. The SMILES string of the molecule is CCC(NC(=O)c1ccc(F)c(N)c1)c1ncc[nH]1. The van der Waals surface area contributed by atoms with Gasteiger partial charge in [-0.05, 0) is 24.6 Å². The van der Waals surface area contributed by atoms with E-state index in [1.807, 2.05) is 6.92 Å². The van der Waals surface area contributed by atoms with Crippen molar-refractivity contribution in [2.75, 3.05) is 5.73 Å². The highest BCUT2D eigenvalue weighted by Gasteiger charge is 2.16. The number of hydrogen-bond acceptors (Lipinski definition) is 3. The first-order valence-corrected chi connectivity index (χ1v) is 5.97. The van der Waals surface area contributed by atoms with Gasteiger partial charge in [0.25, 0.3) is 5.91 Å². The molecule has 1 amide bonds. The van der Waals surface area contributed by atoms with Crippen LogP contribution in [0.15, 0.2) is 30.6 Å². The van der Waals surface area contributed by atoms with Crippen molar-refractivity contribution in [3.05, 3.63) is 47.8 Å². The highest BCUT2D eigenvalue weighted by molar-refractivity contribution is 5.95. The number of nitrogens with two attached hydrogens (primary N) is 1. The number of amides is 1. The van der Waals surface area contributed by atoms with Crippen LogP contribution in [0.1, 0.15) is 35.6 Å². The van der Waals surface area contributed by atoms with Gasteiger partial charge < -0.3 is 16.0 Å². The zero-order chi connectivity index (χ0) is 13.8. The van der Waals surface area contributed by atoms with Gasteiger partial charge in [-0.3, -0.25) is 4.79 Å².